The normalized spacial score (nSPS) is 15.9. The predicted molar refractivity (Wildman–Crippen MR) is 109 cm³/mol. The van der Waals surface area contributed by atoms with E-state index in [1.807, 2.05) is 67.5 Å². The number of ether oxygens (including phenoxy) is 1. The van der Waals surface area contributed by atoms with Crippen molar-refractivity contribution in [2.75, 3.05) is 39.3 Å². The van der Waals surface area contributed by atoms with E-state index in [2.05, 4.69) is 5.32 Å². The molecule has 28 heavy (non-hydrogen) atoms. The van der Waals surface area contributed by atoms with Crippen LogP contribution >= 0.6 is 0 Å². The standard InChI is InChI=1S/C22H27N3O3/c1-24(2)18-10-8-16(9-11-18)15-23-22(27)21-19-7-5-4-6-17(19)14-20(26)25(21)12-13-28-3/h4-11,21H,12-15H2,1-3H3,(H,23,27)/t21-/m0/s1. The van der Waals surface area contributed by atoms with Gasteiger partial charge >= 0.3 is 0 Å². The summed E-state index contributed by atoms with van der Waals surface area (Å²) in [5, 5.41) is 3.00. The number of fused-ring (bicyclic) bond motifs is 1. The van der Waals surface area contributed by atoms with Crippen LogP contribution in [0.3, 0.4) is 0 Å². The lowest BCUT2D eigenvalue weighted by atomic mass is 9.91. The molecular formula is C22H27N3O3. The Hall–Kier alpha value is -2.86. The van der Waals surface area contributed by atoms with Crippen LogP contribution < -0.4 is 10.2 Å². The van der Waals surface area contributed by atoms with Crippen molar-refractivity contribution in [3.05, 3.63) is 65.2 Å². The van der Waals surface area contributed by atoms with Gasteiger partial charge in [0.1, 0.15) is 6.04 Å². The molecule has 0 aliphatic carbocycles. The average Bonchev–Trinajstić information content (AvgIpc) is 2.70. The van der Waals surface area contributed by atoms with Gasteiger partial charge in [0.2, 0.25) is 11.8 Å². The number of methoxy groups -OCH3 is 1. The van der Waals surface area contributed by atoms with Gasteiger partial charge in [-0.05, 0) is 28.8 Å². The Morgan fingerprint density at radius 3 is 2.57 bits per heavy atom. The van der Waals surface area contributed by atoms with Gasteiger partial charge in [-0.1, -0.05) is 36.4 Å². The van der Waals surface area contributed by atoms with E-state index >= 15 is 0 Å². The first-order chi connectivity index (χ1) is 13.5. The number of anilines is 1. The summed E-state index contributed by atoms with van der Waals surface area (Å²) >= 11 is 0. The van der Waals surface area contributed by atoms with Gasteiger partial charge in [0, 0.05) is 40.0 Å². The van der Waals surface area contributed by atoms with Crippen LogP contribution in [-0.4, -0.2) is 51.1 Å². The van der Waals surface area contributed by atoms with Crippen molar-refractivity contribution in [1.29, 1.82) is 0 Å². The largest absolute Gasteiger partial charge is 0.383 e. The van der Waals surface area contributed by atoms with E-state index in [1.54, 1.807) is 12.0 Å². The van der Waals surface area contributed by atoms with Gasteiger partial charge in [0.05, 0.1) is 13.0 Å². The second-order valence-electron chi connectivity index (χ2n) is 7.14. The maximum atomic E-state index is 13.1. The summed E-state index contributed by atoms with van der Waals surface area (Å²) in [6, 6.07) is 15.1. The summed E-state index contributed by atoms with van der Waals surface area (Å²) in [7, 11) is 5.57. The molecule has 0 saturated carbocycles. The summed E-state index contributed by atoms with van der Waals surface area (Å²) in [6.07, 6.45) is 0.315. The van der Waals surface area contributed by atoms with Gasteiger partial charge in [0.15, 0.2) is 0 Å². The van der Waals surface area contributed by atoms with Crippen LogP contribution in [0.1, 0.15) is 22.7 Å². The first kappa shape index (κ1) is 19.9. The van der Waals surface area contributed by atoms with E-state index in [0.717, 1.165) is 22.4 Å². The quantitative estimate of drug-likeness (QED) is 0.798. The Morgan fingerprint density at radius 1 is 1.18 bits per heavy atom. The number of nitrogens with zero attached hydrogens (tertiary/aromatic N) is 2. The minimum atomic E-state index is -0.631. The summed E-state index contributed by atoms with van der Waals surface area (Å²) in [5.41, 5.74) is 3.92. The van der Waals surface area contributed by atoms with Crippen molar-refractivity contribution in [2.45, 2.75) is 19.0 Å². The van der Waals surface area contributed by atoms with Crippen molar-refractivity contribution in [3.8, 4) is 0 Å². The van der Waals surface area contributed by atoms with Crippen LogP contribution in [0, 0.1) is 0 Å². The van der Waals surface area contributed by atoms with Gasteiger partial charge < -0.3 is 19.9 Å². The predicted octanol–water partition coefficient (Wildman–Crippen LogP) is 2.14. The molecule has 2 aromatic carbocycles. The number of hydrogen-bond donors (Lipinski definition) is 1. The van der Waals surface area contributed by atoms with Crippen LogP contribution in [0.4, 0.5) is 5.69 Å². The lowest BCUT2D eigenvalue weighted by molar-refractivity contribution is -0.142. The molecule has 6 nitrogen and oxygen atoms in total. The second-order valence-corrected chi connectivity index (χ2v) is 7.14. The number of hydrogen-bond acceptors (Lipinski definition) is 4. The molecule has 0 radical (unpaired) electrons. The fraction of sp³-hybridized carbons (Fsp3) is 0.364. The fourth-order valence-corrected chi connectivity index (χ4v) is 3.46. The number of carbonyl (C=O) groups is 2. The monoisotopic (exact) mass is 381 g/mol. The molecule has 0 unspecified atom stereocenters. The zero-order valence-electron chi connectivity index (χ0n) is 16.6. The lowest BCUT2D eigenvalue weighted by Gasteiger charge is -2.36. The molecule has 148 valence electrons. The molecule has 2 aromatic rings. The number of benzene rings is 2. The van der Waals surface area contributed by atoms with Crippen LogP contribution in [0.5, 0.6) is 0 Å². The first-order valence-corrected chi connectivity index (χ1v) is 9.41. The highest BCUT2D eigenvalue weighted by atomic mass is 16.5. The molecule has 1 aliphatic heterocycles. The molecule has 3 rings (SSSR count). The maximum Gasteiger partial charge on any atom is 0.247 e. The highest BCUT2D eigenvalue weighted by molar-refractivity contribution is 5.92. The Morgan fingerprint density at radius 2 is 1.89 bits per heavy atom. The topological polar surface area (TPSA) is 61.9 Å². The van der Waals surface area contributed by atoms with E-state index < -0.39 is 6.04 Å². The van der Waals surface area contributed by atoms with Gasteiger partial charge in [-0.25, -0.2) is 0 Å². The van der Waals surface area contributed by atoms with E-state index in [-0.39, 0.29) is 11.8 Å². The van der Waals surface area contributed by atoms with E-state index in [1.165, 1.54) is 0 Å². The molecular weight excluding hydrogens is 354 g/mol. The van der Waals surface area contributed by atoms with Crippen LogP contribution in [0.15, 0.2) is 48.5 Å². The molecule has 1 aliphatic rings. The molecule has 0 spiro atoms. The number of amides is 2. The number of rotatable bonds is 7. The molecule has 0 fully saturated rings. The van der Waals surface area contributed by atoms with E-state index in [4.69, 9.17) is 4.74 Å². The minimum absolute atomic E-state index is 0.0498. The molecule has 1 N–H and O–H groups in total. The summed E-state index contributed by atoms with van der Waals surface area (Å²) in [4.78, 5) is 29.4. The van der Waals surface area contributed by atoms with E-state index in [0.29, 0.717) is 26.1 Å². The summed E-state index contributed by atoms with van der Waals surface area (Å²) in [5.74, 6) is -0.223. The van der Waals surface area contributed by atoms with Gasteiger partial charge in [-0.15, -0.1) is 0 Å². The summed E-state index contributed by atoms with van der Waals surface area (Å²) < 4.78 is 5.14. The smallest absolute Gasteiger partial charge is 0.247 e. The van der Waals surface area contributed by atoms with Crippen molar-refractivity contribution in [2.24, 2.45) is 0 Å². The highest BCUT2D eigenvalue weighted by Crippen LogP contribution is 2.30. The second kappa shape index (κ2) is 8.89. The average molecular weight is 381 g/mol. The SMILES string of the molecule is COCCN1C(=O)Cc2ccccc2[C@H]1C(=O)NCc1ccc(N(C)C)cc1. The third-order valence-electron chi connectivity index (χ3n) is 5.03. The van der Waals surface area contributed by atoms with Crippen LogP contribution in [0.25, 0.3) is 0 Å². The first-order valence-electron chi connectivity index (χ1n) is 9.41. The van der Waals surface area contributed by atoms with Crippen molar-refractivity contribution in [1.82, 2.24) is 10.2 Å². The molecule has 6 heteroatoms. The van der Waals surface area contributed by atoms with Gasteiger partial charge in [0.25, 0.3) is 0 Å². The third kappa shape index (κ3) is 4.34. The number of carbonyl (C=O) groups excluding carboxylic acids is 2. The number of nitrogens with one attached hydrogen (secondary N) is 1. The fourth-order valence-electron chi connectivity index (χ4n) is 3.46. The van der Waals surface area contributed by atoms with Gasteiger partial charge in [-0.3, -0.25) is 9.59 Å². The Bertz CT molecular complexity index is 833. The molecule has 1 heterocycles. The van der Waals surface area contributed by atoms with Crippen molar-refractivity contribution in [3.63, 3.8) is 0 Å². The van der Waals surface area contributed by atoms with E-state index in [9.17, 15) is 9.59 Å². The highest BCUT2D eigenvalue weighted by Gasteiger charge is 2.36. The van der Waals surface area contributed by atoms with Crippen molar-refractivity contribution < 1.29 is 14.3 Å². The molecule has 0 aromatic heterocycles. The Labute approximate surface area is 166 Å². The molecule has 0 bridgehead atoms. The Kier molecular flexibility index (Phi) is 6.31. The van der Waals surface area contributed by atoms with Gasteiger partial charge in [-0.2, -0.15) is 0 Å². The Balaban J connectivity index is 1.77. The summed E-state index contributed by atoms with van der Waals surface area (Å²) in [6.45, 7) is 1.19. The zero-order valence-corrected chi connectivity index (χ0v) is 16.6. The minimum Gasteiger partial charge on any atom is -0.383 e. The third-order valence-corrected chi connectivity index (χ3v) is 5.03. The molecule has 1 atom stereocenters. The lowest BCUT2D eigenvalue weighted by Crippen LogP contribution is -2.48. The maximum absolute atomic E-state index is 13.1. The molecule has 2 amide bonds. The molecule has 0 saturated heterocycles. The van der Waals surface area contributed by atoms with Crippen LogP contribution in [-0.2, 0) is 27.3 Å². The van der Waals surface area contributed by atoms with Crippen LogP contribution in [0.2, 0.25) is 0 Å². The zero-order chi connectivity index (χ0) is 20.1. The van der Waals surface area contributed by atoms with Crippen molar-refractivity contribution >= 4 is 17.5 Å².